The number of hydrogen-bond acceptors (Lipinski definition) is 3. The molecule has 0 aliphatic carbocycles. The lowest BCUT2D eigenvalue weighted by Crippen LogP contribution is -2.12. The summed E-state index contributed by atoms with van der Waals surface area (Å²) in [6.07, 6.45) is -4.47. The molecule has 0 saturated heterocycles. The summed E-state index contributed by atoms with van der Waals surface area (Å²) in [4.78, 5) is 0. The van der Waals surface area contributed by atoms with Crippen molar-refractivity contribution in [3.05, 3.63) is 44.7 Å². The largest absolute Gasteiger partial charge is 0.416 e. The van der Waals surface area contributed by atoms with Crippen LogP contribution in [0.15, 0.2) is 38.3 Å². The molecule has 114 valence electrons. The molecule has 3 nitrogen and oxygen atoms in total. The van der Waals surface area contributed by atoms with E-state index >= 15 is 0 Å². The normalized spacial score (nSPS) is 12.4. The predicted octanol–water partition coefficient (Wildman–Crippen LogP) is 4.98. The number of sulfonamides is 1. The lowest BCUT2D eigenvalue weighted by Gasteiger charge is -2.09. The Morgan fingerprint density at radius 2 is 1.76 bits per heavy atom. The van der Waals surface area contributed by atoms with Gasteiger partial charge in [-0.3, -0.25) is 4.72 Å². The molecule has 0 saturated carbocycles. The molecule has 10 heteroatoms. The summed E-state index contributed by atoms with van der Waals surface area (Å²) in [6.45, 7) is 0. The van der Waals surface area contributed by atoms with Crippen molar-refractivity contribution >= 4 is 54.6 Å². The Kier molecular flexibility index (Phi) is 4.57. The minimum atomic E-state index is -4.47. The summed E-state index contributed by atoms with van der Waals surface area (Å²) in [5.74, 6) is 0. The van der Waals surface area contributed by atoms with Crippen molar-refractivity contribution in [1.29, 1.82) is 0 Å². The zero-order chi connectivity index (χ0) is 15.8. The van der Waals surface area contributed by atoms with Gasteiger partial charge in [-0.1, -0.05) is 11.6 Å². The molecule has 1 N–H and O–H groups in total. The summed E-state index contributed by atoms with van der Waals surface area (Å²) >= 11 is 9.75. The Labute approximate surface area is 135 Å². The molecule has 0 unspecified atom stereocenters. The first-order chi connectivity index (χ1) is 9.59. The van der Waals surface area contributed by atoms with Crippen molar-refractivity contribution < 1.29 is 21.6 Å². The summed E-state index contributed by atoms with van der Waals surface area (Å²) in [7, 11) is -3.89. The fourth-order valence-electron chi connectivity index (χ4n) is 1.39. The van der Waals surface area contributed by atoms with Crippen LogP contribution in [0.2, 0.25) is 5.02 Å². The van der Waals surface area contributed by atoms with E-state index in [1.165, 1.54) is 6.07 Å². The molecule has 0 spiro atoms. The Bertz CT molecular complexity index is 737. The number of alkyl halides is 3. The van der Waals surface area contributed by atoms with Crippen LogP contribution in [0.4, 0.5) is 18.9 Å². The van der Waals surface area contributed by atoms with Gasteiger partial charge in [-0.05, 0) is 46.3 Å². The van der Waals surface area contributed by atoms with Gasteiger partial charge < -0.3 is 0 Å². The molecule has 0 atom stereocenters. The molecule has 1 heterocycles. The Hall–Kier alpha value is -0.770. The van der Waals surface area contributed by atoms with E-state index in [0.717, 1.165) is 35.6 Å². The molecule has 21 heavy (non-hydrogen) atoms. The van der Waals surface area contributed by atoms with Crippen molar-refractivity contribution in [2.45, 2.75) is 10.4 Å². The standard InChI is InChI=1S/C11H6BrClF3NO2S2/c12-10-8(13)5-9(20-10)21(18,19)17-7-3-1-6(2-4-7)11(14,15)16/h1-5,17H. The fourth-order valence-corrected chi connectivity index (χ4v) is 4.85. The van der Waals surface area contributed by atoms with Gasteiger partial charge in [-0.25, -0.2) is 8.42 Å². The Morgan fingerprint density at radius 3 is 2.19 bits per heavy atom. The summed E-state index contributed by atoms with van der Waals surface area (Å²) in [5, 5.41) is 0.243. The molecule has 0 bridgehead atoms. The first-order valence-corrected chi connectivity index (χ1v) is 8.71. The smallest absolute Gasteiger partial charge is 0.279 e. The number of nitrogens with one attached hydrogen (secondary N) is 1. The van der Waals surface area contributed by atoms with Crippen LogP contribution >= 0.6 is 38.9 Å². The molecular weight excluding hydrogens is 415 g/mol. The number of halogens is 5. The molecule has 2 aromatic rings. The second kappa shape index (κ2) is 5.79. The SMILES string of the molecule is O=S(=O)(Nc1ccc(C(F)(F)F)cc1)c1cc(Cl)c(Br)s1. The fraction of sp³-hybridized carbons (Fsp3) is 0.0909. The van der Waals surface area contributed by atoms with Crippen LogP contribution in [0.5, 0.6) is 0 Å². The third kappa shape index (κ3) is 3.91. The van der Waals surface area contributed by atoms with E-state index in [1.807, 2.05) is 0 Å². The van der Waals surface area contributed by atoms with Crippen LogP contribution in [-0.4, -0.2) is 8.42 Å². The van der Waals surface area contributed by atoms with Gasteiger partial charge in [0.25, 0.3) is 10.0 Å². The number of hydrogen-bond donors (Lipinski definition) is 1. The summed E-state index contributed by atoms with van der Waals surface area (Å²) < 4.78 is 63.9. The Balaban J connectivity index is 2.25. The summed E-state index contributed by atoms with van der Waals surface area (Å²) in [6, 6.07) is 4.95. The Morgan fingerprint density at radius 1 is 1.19 bits per heavy atom. The van der Waals surface area contributed by atoms with E-state index < -0.39 is 21.8 Å². The molecule has 0 fully saturated rings. The van der Waals surface area contributed by atoms with Crippen molar-refractivity contribution in [2.75, 3.05) is 4.72 Å². The van der Waals surface area contributed by atoms with Gasteiger partial charge in [0.1, 0.15) is 4.21 Å². The van der Waals surface area contributed by atoms with E-state index in [1.54, 1.807) is 0 Å². The molecule has 0 aliphatic heterocycles. The topological polar surface area (TPSA) is 46.2 Å². The minimum absolute atomic E-state index is 0.0312. The molecule has 1 aromatic heterocycles. The minimum Gasteiger partial charge on any atom is -0.279 e. The van der Waals surface area contributed by atoms with Crippen molar-refractivity contribution in [3.63, 3.8) is 0 Å². The van der Waals surface area contributed by atoms with Gasteiger partial charge in [-0.2, -0.15) is 13.2 Å². The van der Waals surface area contributed by atoms with Crippen LogP contribution in [-0.2, 0) is 16.2 Å². The van der Waals surface area contributed by atoms with Crippen molar-refractivity contribution in [1.82, 2.24) is 0 Å². The maximum atomic E-state index is 12.4. The van der Waals surface area contributed by atoms with Crippen LogP contribution in [0.25, 0.3) is 0 Å². The van der Waals surface area contributed by atoms with Crippen LogP contribution in [0.3, 0.4) is 0 Å². The van der Waals surface area contributed by atoms with Crippen LogP contribution in [0, 0.1) is 0 Å². The van der Waals surface area contributed by atoms with E-state index in [9.17, 15) is 21.6 Å². The average molecular weight is 421 g/mol. The van der Waals surface area contributed by atoms with Gasteiger partial charge in [-0.15, -0.1) is 11.3 Å². The molecule has 0 radical (unpaired) electrons. The van der Waals surface area contributed by atoms with E-state index in [2.05, 4.69) is 20.7 Å². The first kappa shape index (κ1) is 16.6. The van der Waals surface area contributed by atoms with Crippen LogP contribution < -0.4 is 4.72 Å². The van der Waals surface area contributed by atoms with Gasteiger partial charge >= 0.3 is 6.18 Å². The highest BCUT2D eigenvalue weighted by molar-refractivity contribution is 9.11. The average Bonchev–Trinajstić information content (AvgIpc) is 2.69. The van der Waals surface area contributed by atoms with Crippen molar-refractivity contribution in [2.24, 2.45) is 0 Å². The maximum absolute atomic E-state index is 12.4. The zero-order valence-electron chi connectivity index (χ0n) is 9.91. The molecule has 0 amide bonds. The lowest BCUT2D eigenvalue weighted by molar-refractivity contribution is -0.137. The highest BCUT2D eigenvalue weighted by Crippen LogP contribution is 2.35. The number of anilines is 1. The monoisotopic (exact) mass is 419 g/mol. The lowest BCUT2D eigenvalue weighted by atomic mass is 10.2. The van der Waals surface area contributed by atoms with Gasteiger partial charge in [0, 0.05) is 5.69 Å². The van der Waals surface area contributed by atoms with Crippen LogP contribution in [0.1, 0.15) is 5.56 Å². The third-order valence-electron chi connectivity index (χ3n) is 2.35. The highest BCUT2D eigenvalue weighted by Gasteiger charge is 2.30. The number of rotatable bonds is 3. The predicted molar refractivity (Wildman–Crippen MR) is 79.3 cm³/mol. The second-order valence-electron chi connectivity index (χ2n) is 3.87. The molecule has 1 aromatic carbocycles. The van der Waals surface area contributed by atoms with Gasteiger partial charge in [0.05, 0.1) is 14.4 Å². The van der Waals surface area contributed by atoms with Gasteiger partial charge in [0.15, 0.2) is 0 Å². The summed E-state index contributed by atoms with van der Waals surface area (Å²) in [5.41, 5.74) is -0.823. The van der Waals surface area contributed by atoms with E-state index in [0.29, 0.717) is 3.79 Å². The van der Waals surface area contributed by atoms with E-state index in [4.69, 9.17) is 11.6 Å². The molecule has 2 rings (SSSR count). The molecular formula is C11H6BrClF3NO2S2. The zero-order valence-corrected chi connectivity index (χ0v) is 13.9. The third-order valence-corrected chi connectivity index (χ3v) is 6.68. The second-order valence-corrected chi connectivity index (χ2v) is 8.55. The molecule has 0 aliphatic rings. The van der Waals surface area contributed by atoms with E-state index in [-0.39, 0.29) is 14.9 Å². The number of thiophene rings is 1. The van der Waals surface area contributed by atoms with Crippen molar-refractivity contribution in [3.8, 4) is 0 Å². The highest BCUT2D eigenvalue weighted by atomic mass is 79.9. The number of benzene rings is 1. The quantitative estimate of drug-likeness (QED) is 0.761. The van der Waals surface area contributed by atoms with Gasteiger partial charge in [0.2, 0.25) is 0 Å². The first-order valence-electron chi connectivity index (χ1n) is 5.24. The maximum Gasteiger partial charge on any atom is 0.416 e.